The average molecular weight is 399 g/mol. The molecule has 0 radical (unpaired) electrons. The van der Waals surface area contributed by atoms with Crippen LogP contribution >= 0.6 is 0 Å². The molecule has 0 aromatic heterocycles. The highest BCUT2D eigenvalue weighted by Gasteiger charge is 2.30. The first-order valence-corrected chi connectivity index (χ1v) is 11.9. The van der Waals surface area contributed by atoms with E-state index in [0.29, 0.717) is 15.8 Å². The predicted octanol–water partition coefficient (Wildman–Crippen LogP) is 4.06. The SMILES string of the molecule is CCCN1CCC(N2CCc3cc(S(=O)(=O)c4cccc(C)c4)ccc32)CC1. The van der Waals surface area contributed by atoms with Crippen molar-refractivity contribution >= 4 is 15.5 Å². The van der Waals surface area contributed by atoms with E-state index in [1.807, 2.05) is 31.2 Å². The molecular formula is C23H30N2O2S. The number of hydrogen-bond acceptors (Lipinski definition) is 4. The number of nitrogens with zero attached hydrogens (tertiary/aromatic N) is 2. The molecule has 4 nitrogen and oxygen atoms in total. The Morgan fingerprint density at radius 3 is 2.46 bits per heavy atom. The molecule has 2 aromatic rings. The summed E-state index contributed by atoms with van der Waals surface area (Å²) in [6.07, 6.45) is 4.54. The molecule has 5 heteroatoms. The van der Waals surface area contributed by atoms with Crippen LogP contribution in [0.3, 0.4) is 0 Å². The zero-order chi connectivity index (χ0) is 19.7. The van der Waals surface area contributed by atoms with Gasteiger partial charge in [0.1, 0.15) is 0 Å². The molecule has 0 amide bonds. The number of anilines is 1. The summed E-state index contributed by atoms with van der Waals surface area (Å²) in [5.41, 5.74) is 3.37. The normalized spacial score (nSPS) is 18.4. The van der Waals surface area contributed by atoms with E-state index < -0.39 is 9.84 Å². The van der Waals surface area contributed by atoms with Gasteiger partial charge in [-0.1, -0.05) is 19.1 Å². The number of aryl methyl sites for hydroxylation is 1. The van der Waals surface area contributed by atoms with E-state index >= 15 is 0 Å². The highest BCUT2D eigenvalue weighted by atomic mass is 32.2. The van der Waals surface area contributed by atoms with E-state index in [2.05, 4.69) is 16.7 Å². The van der Waals surface area contributed by atoms with Crippen molar-refractivity contribution in [1.82, 2.24) is 4.90 Å². The second-order valence-corrected chi connectivity index (χ2v) is 10.1. The minimum atomic E-state index is -3.46. The summed E-state index contributed by atoms with van der Waals surface area (Å²) in [6.45, 7) is 8.70. The Morgan fingerprint density at radius 1 is 1.00 bits per heavy atom. The fourth-order valence-electron chi connectivity index (χ4n) is 4.64. The van der Waals surface area contributed by atoms with Gasteiger partial charge in [-0.3, -0.25) is 0 Å². The maximum Gasteiger partial charge on any atom is 0.206 e. The summed E-state index contributed by atoms with van der Waals surface area (Å²) in [5, 5.41) is 0. The fraction of sp³-hybridized carbons (Fsp3) is 0.478. The van der Waals surface area contributed by atoms with E-state index in [1.54, 1.807) is 18.2 Å². The molecule has 0 saturated carbocycles. The second-order valence-electron chi connectivity index (χ2n) is 8.13. The highest BCUT2D eigenvalue weighted by molar-refractivity contribution is 7.91. The van der Waals surface area contributed by atoms with Crippen LogP contribution in [-0.4, -0.2) is 45.5 Å². The van der Waals surface area contributed by atoms with Crippen molar-refractivity contribution in [3.05, 3.63) is 53.6 Å². The third kappa shape index (κ3) is 3.70. The monoisotopic (exact) mass is 398 g/mol. The molecule has 2 aromatic carbocycles. The van der Waals surface area contributed by atoms with Crippen molar-refractivity contribution < 1.29 is 8.42 Å². The van der Waals surface area contributed by atoms with Crippen LogP contribution in [-0.2, 0) is 16.3 Å². The van der Waals surface area contributed by atoms with Crippen molar-refractivity contribution in [1.29, 1.82) is 0 Å². The lowest BCUT2D eigenvalue weighted by Crippen LogP contribution is -2.44. The van der Waals surface area contributed by atoms with Crippen molar-refractivity contribution in [3.8, 4) is 0 Å². The summed E-state index contributed by atoms with van der Waals surface area (Å²) in [7, 11) is -3.46. The number of benzene rings is 2. The Kier molecular flexibility index (Phi) is 5.48. The Balaban J connectivity index is 1.54. The first-order chi connectivity index (χ1) is 13.5. The summed E-state index contributed by atoms with van der Waals surface area (Å²) in [4.78, 5) is 5.87. The summed E-state index contributed by atoms with van der Waals surface area (Å²) < 4.78 is 26.1. The molecule has 0 aliphatic carbocycles. The van der Waals surface area contributed by atoms with Crippen molar-refractivity contribution in [2.24, 2.45) is 0 Å². The number of piperidine rings is 1. The second kappa shape index (κ2) is 7.88. The molecule has 1 fully saturated rings. The van der Waals surface area contributed by atoms with Gasteiger partial charge in [-0.05, 0) is 80.6 Å². The van der Waals surface area contributed by atoms with Crippen molar-refractivity contribution in [3.63, 3.8) is 0 Å². The summed E-state index contributed by atoms with van der Waals surface area (Å²) in [6, 6.07) is 13.5. The molecule has 0 N–H and O–H groups in total. The molecule has 0 bridgehead atoms. The molecule has 2 aliphatic rings. The third-order valence-electron chi connectivity index (χ3n) is 6.13. The third-order valence-corrected chi connectivity index (χ3v) is 7.88. The lowest BCUT2D eigenvalue weighted by atomic mass is 10.0. The Hall–Kier alpha value is -1.85. The van der Waals surface area contributed by atoms with Crippen LogP contribution in [0.4, 0.5) is 5.69 Å². The first-order valence-electron chi connectivity index (χ1n) is 10.4. The number of fused-ring (bicyclic) bond motifs is 1. The Labute approximate surface area is 169 Å². The van der Waals surface area contributed by atoms with Crippen LogP contribution in [0.15, 0.2) is 52.3 Å². The average Bonchev–Trinajstić information content (AvgIpc) is 3.12. The number of likely N-dealkylation sites (tertiary alicyclic amines) is 1. The van der Waals surface area contributed by atoms with Crippen LogP contribution in [0.5, 0.6) is 0 Å². The van der Waals surface area contributed by atoms with Gasteiger partial charge in [-0.25, -0.2) is 8.42 Å². The van der Waals surface area contributed by atoms with Gasteiger partial charge >= 0.3 is 0 Å². The fourth-order valence-corrected chi connectivity index (χ4v) is 6.06. The highest BCUT2D eigenvalue weighted by Crippen LogP contribution is 2.35. The van der Waals surface area contributed by atoms with Crippen LogP contribution < -0.4 is 4.90 Å². The van der Waals surface area contributed by atoms with Gasteiger partial charge < -0.3 is 9.80 Å². The molecular weight excluding hydrogens is 368 g/mol. The van der Waals surface area contributed by atoms with Gasteiger partial charge in [0, 0.05) is 31.4 Å². The standard InChI is InChI=1S/C23H30N2O2S/c1-3-12-24-13-10-20(11-14-24)25-15-9-19-17-22(7-8-23(19)25)28(26,27)21-6-4-5-18(2)16-21/h4-8,16-17,20H,3,9-15H2,1-2H3. The number of rotatable bonds is 5. The van der Waals surface area contributed by atoms with Gasteiger partial charge in [0.15, 0.2) is 0 Å². The molecule has 0 unspecified atom stereocenters. The molecule has 28 heavy (non-hydrogen) atoms. The van der Waals surface area contributed by atoms with Crippen LogP contribution in [0.1, 0.15) is 37.3 Å². The van der Waals surface area contributed by atoms with Crippen molar-refractivity contribution in [2.75, 3.05) is 31.1 Å². The topological polar surface area (TPSA) is 40.6 Å². The Bertz CT molecular complexity index is 947. The minimum absolute atomic E-state index is 0.380. The van der Waals surface area contributed by atoms with E-state index in [4.69, 9.17) is 0 Å². The molecule has 150 valence electrons. The molecule has 2 aliphatic heterocycles. The Morgan fingerprint density at radius 2 is 1.75 bits per heavy atom. The summed E-state index contributed by atoms with van der Waals surface area (Å²) >= 11 is 0. The zero-order valence-electron chi connectivity index (χ0n) is 16.9. The molecule has 1 saturated heterocycles. The predicted molar refractivity (Wildman–Crippen MR) is 114 cm³/mol. The van der Waals surface area contributed by atoms with E-state index in [-0.39, 0.29) is 0 Å². The quantitative estimate of drug-likeness (QED) is 0.761. The van der Waals surface area contributed by atoms with Gasteiger partial charge in [0.25, 0.3) is 0 Å². The molecule has 4 rings (SSSR count). The molecule has 0 spiro atoms. The molecule has 0 atom stereocenters. The minimum Gasteiger partial charge on any atom is -0.368 e. The van der Waals surface area contributed by atoms with Crippen molar-refractivity contribution in [2.45, 2.75) is 55.4 Å². The van der Waals surface area contributed by atoms with Gasteiger partial charge in [0.05, 0.1) is 9.79 Å². The van der Waals surface area contributed by atoms with E-state index in [0.717, 1.165) is 18.5 Å². The van der Waals surface area contributed by atoms with Crippen LogP contribution in [0, 0.1) is 6.92 Å². The number of sulfone groups is 1. The van der Waals surface area contributed by atoms with Gasteiger partial charge in [-0.15, -0.1) is 0 Å². The van der Waals surface area contributed by atoms with E-state index in [1.165, 1.54) is 50.1 Å². The summed E-state index contributed by atoms with van der Waals surface area (Å²) in [5.74, 6) is 0. The lowest BCUT2D eigenvalue weighted by Gasteiger charge is -2.38. The smallest absolute Gasteiger partial charge is 0.206 e. The van der Waals surface area contributed by atoms with Gasteiger partial charge in [-0.2, -0.15) is 0 Å². The van der Waals surface area contributed by atoms with Crippen LogP contribution in [0.25, 0.3) is 0 Å². The van der Waals surface area contributed by atoms with E-state index in [9.17, 15) is 8.42 Å². The zero-order valence-corrected chi connectivity index (χ0v) is 17.7. The van der Waals surface area contributed by atoms with Crippen LogP contribution in [0.2, 0.25) is 0 Å². The number of hydrogen-bond donors (Lipinski definition) is 0. The molecule has 2 heterocycles. The maximum absolute atomic E-state index is 13.0. The maximum atomic E-state index is 13.0. The largest absolute Gasteiger partial charge is 0.368 e. The lowest BCUT2D eigenvalue weighted by molar-refractivity contribution is 0.210. The van der Waals surface area contributed by atoms with Gasteiger partial charge in [0.2, 0.25) is 9.84 Å². The first kappa shape index (κ1) is 19.5.